The van der Waals surface area contributed by atoms with Crippen LogP contribution in [0.2, 0.25) is 0 Å². The van der Waals surface area contributed by atoms with Gasteiger partial charge in [0.05, 0.1) is 0 Å². The minimum atomic E-state index is -0.312. The summed E-state index contributed by atoms with van der Waals surface area (Å²) >= 11 is 0. The fourth-order valence-electron chi connectivity index (χ4n) is 0.714. The Morgan fingerprint density at radius 2 is 2.18 bits per heavy atom. The van der Waals surface area contributed by atoms with E-state index in [4.69, 9.17) is 5.84 Å². The number of imide groups is 1. The van der Waals surface area contributed by atoms with Crippen molar-refractivity contribution in [1.82, 2.24) is 5.01 Å². The molecule has 2 amide bonds. The third-order valence-electron chi connectivity index (χ3n) is 1.40. The van der Waals surface area contributed by atoms with E-state index in [1.807, 2.05) is 6.92 Å². The third kappa shape index (κ3) is 4.50. The summed E-state index contributed by atoms with van der Waals surface area (Å²) in [7, 11) is 0. The molecule has 0 saturated carbocycles. The maximum absolute atomic E-state index is 10.8. The van der Waals surface area contributed by atoms with Gasteiger partial charge in [-0.2, -0.15) is 0 Å². The number of hydrogen-bond acceptors (Lipinski definition) is 3. The molecular weight excluding hydrogens is 144 g/mol. The lowest BCUT2D eigenvalue weighted by molar-refractivity contribution is -0.138. The fraction of sp³-hybridized carbons (Fsp3) is 0.714. The molecule has 0 atom stereocenters. The average Bonchev–Trinajstić information content (AvgIpc) is 2.03. The van der Waals surface area contributed by atoms with Crippen LogP contribution < -0.4 is 5.84 Å². The minimum absolute atomic E-state index is 0.312. The quantitative estimate of drug-likeness (QED) is 0.207. The molecule has 0 aromatic rings. The predicted molar refractivity (Wildman–Crippen MR) is 41.2 cm³/mol. The van der Waals surface area contributed by atoms with Crippen LogP contribution in [0.3, 0.4) is 0 Å². The van der Waals surface area contributed by atoms with Crippen LogP contribution in [0, 0.1) is 0 Å². The van der Waals surface area contributed by atoms with E-state index in [0.717, 1.165) is 19.3 Å². The van der Waals surface area contributed by atoms with Crippen molar-refractivity contribution in [3.05, 3.63) is 0 Å². The molecule has 0 bridgehead atoms. The Kier molecular flexibility index (Phi) is 5.37. The number of amides is 2. The van der Waals surface area contributed by atoms with Crippen molar-refractivity contribution in [2.45, 2.75) is 32.6 Å². The monoisotopic (exact) mass is 158 g/mol. The number of carbonyl (C=O) groups excluding carboxylic acids is 2. The van der Waals surface area contributed by atoms with Crippen molar-refractivity contribution < 1.29 is 9.59 Å². The van der Waals surface area contributed by atoms with E-state index in [-0.39, 0.29) is 5.91 Å². The van der Waals surface area contributed by atoms with E-state index < -0.39 is 0 Å². The zero-order valence-electron chi connectivity index (χ0n) is 6.75. The van der Waals surface area contributed by atoms with E-state index in [1.165, 1.54) is 0 Å². The molecule has 4 heteroatoms. The summed E-state index contributed by atoms with van der Waals surface area (Å²) in [6.07, 6.45) is 3.55. The molecule has 0 aliphatic carbocycles. The molecule has 0 aliphatic rings. The molecule has 0 fully saturated rings. The summed E-state index contributed by atoms with van der Waals surface area (Å²) < 4.78 is 0. The van der Waals surface area contributed by atoms with Crippen LogP contribution in [0.25, 0.3) is 0 Å². The lowest BCUT2D eigenvalue weighted by Gasteiger charge is -2.06. The zero-order chi connectivity index (χ0) is 8.69. The van der Waals surface area contributed by atoms with Crippen LogP contribution in [0.1, 0.15) is 32.6 Å². The van der Waals surface area contributed by atoms with Gasteiger partial charge in [-0.25, -0.2) is 10.9 Å². The first-order valence-electron chi connectivity index (χ1n) is 3.74. The second-order valence-corrected chi connectivity index (χ2v) is 2.36. The minimum Gasteiger partial charge on any atom is -0.277 e. The summed E-state index contributed by atoms with van der Waals surface area (Å²) in [5.41, 5.74) is 0. The topological polar surface area (TPSA) is 63.4 Å². The van der Waals surface area contributed by atoms with Gasteiger partial charge in [-0.05, 0) is 6.42 Å². The third-order valence-corrected chi connectivity index (χ3v) is 1.40. The number of hydrazine groups is 1. The van der Waals surface area contributed by atoms with Crippen molar-refractivity contribution in [2.75, 3.05) is 0 Å². The van der Waals surface area contributed by atoms with Crippen LogP contribution in [0.15, 0.2) is 0 Å². The maximum atomic E-state index is 10.8. The van der Waals surface area contributed by atoms with Gasteiger partial charge in [0, 0.05) is 6.42 Å². The van der Waals surface area contributed by atoms with Crippen molar-refractivity contribution in [3.8, 4) is 0 Å². The van der Waals surface area contributed by atoms with Gasteiger partial charge in [0.25, 0.3) is 0 Å². The number of carbonyl (C=O) groups is 2. The van der Waals surface area contributed by atoms with E-state index in [1.54, 1.807) is 0 Å². The van der Waals surface area contributed by atoms with Crippen molar-refractivity contribution >= 4 is 12.3 Å². The Labute approximate surface area is 66.3 Å². The highest BCUT2D eigenvalue weighted by Gasteiger charge is 2.05. The molecule has 0 aromatic heterocycles. The highest BCUT2D eigenvalue weighted by Crippen LogP contribution is 1.99. The highest BCUT2D eigenvalue weighted by molar-refractivity contribution is 5.85. The van der Waals surface area contributed by atoms with Gasteiger partial charge in [0.15, 0.2) is 0 Å². The first kappa shape index (κ1) is 10.1. The first-order chi connectivity index (χ1) is 5.22. The van der Waals surface area contributed by atoms with E-state index >= 15 is 0 Å². The van der Waals surface area contributed by atoms with E-state index in [9.17, 15) is 9.59 Å². The smallest absolute Gasteiger partial charge is 0.243 e. The molecule has 0 unspecified atom stereocenters. The van der Waals surface area contributed by atoms with E-state index in [0.29, 0.717) is 17.8 Å². The van der Waals surface area contributed by atoms with Crippen molar-refractivity contribution in [3.63, 3.8) is 0 Å². The normalized spacial score (nSPS) is 9.27. The molecule has 0 rings (SSSR count). The van der Waals surface area contributed by atoms with Crippen molar-refractivity contribution in [1.29, 1.82) is 0 Å². The molecule has 2 N–H and O–H groups in total. The fourth-order valence-corrected chi connectivity index (χ4v) is 0.714. The molecular formula is C7H14N2O2. The number of rotatable bonds is 5. The number of nitrogens with two attached hydrogens (primary N) is 1. The van der Waals surface area contributed by atoms with Gasteiger partial charge in [-0.3, -0.25) is 9.59 Å². The van der Waals surface area contributed by atoms with Crippen molar-refractivity contribution in [2.24, 2.45) is 5.84 Å². The Balaban J connectivity index is 3.44. The number of hydrogen-bond donors (Lipinski definition) is 1. The van der Waals surface area contributed by atoms with Gasteiger partial charge >= 0.3 is 0 Å². The molecule has 0 aromatic carbocycles. The second kappa shape index (κ2) is 5.85. The largest absolute Gasteiger partial charge is 0.277 e. The Bertz CT molecular complexity index is 136. The van der Waals surface area contributed by atoms with Gasteiger partial charge in [0.1, 0.15) is 0 Å². The SMILES string of the molecule is CCCCCC(=O)N(N)C=O. The summed E-state index contributed by atoms with van der Waals surface area (Å²) in [4.78, 5) is 20.8. The van der Waals surface area contributed by atoms with Crippen LogP contribution in [-0.2, 0) is 9.59 Å². The number of nitrogens with zero attached hydrogens (tertiary/aromatic N) is 1. The molecule has 0 saturated heterocycles. The lowest BCUT2D eigenvalue weighted by Crippen LogP contribution is -2.35. The van der Waals surface area contributed by atoms with E-state index in [2.05, 4.69) is 0 Å². The molecule has 0 aliphatic heterocycles. The van der Waals surface area contributed by atoms with Crippen LogP contribution in [0.5, 0.6) is 0 Å². The van der Waals surface area contributed by atoms with Crippen LogP contribution >= 0.6 is 0 Å². The molecule has 0 heterocycles. The first-order valence-corrected chi connectivity index (χ1v) is 3.74. The van der Waals surface area contributed by atoms with Gasteiger partial charge in [-0.15, -0.1) is 0 Å². The Hall–Kier alpha value is -0.900. The maximum Gasteiger partial charge on any atom is 0.243 e. The standard InChI is InChI=1S/C7H14N2O2/c1-2-3-4-5-7(11)9(8)6-10/h6H,2-5,8H2,1H3. The summed E-state index contributed by atoms with van der Waals surface area (Å²) in [5.74, 6) is 4.70. The predicted octanol–water partition coefficient (Wildman–Crippen LogP) is 0.425. The molecule has 11 heavy (non-hydrogen) atoms. The number of unbranched alkanes of at least 4 members (excludes halogenated alkanes) is 2. The van der Waals surface area contributed by atoms with Gasteiger partial charge in [0.2, 0.25) is 12.3 Å². The lowest BCUT2D eigenvalue weighted by atomic mass is 10.2. The molecule has 0 radical (unpaired) electrons. The second-order valence-electron chi connectivity index (χ2n) is 2.36. The Morgan fingerprint density at radius 3 is 2.64 bits per heavy atom. The summed E-state index contributed by atoms with van der Waals surface area (Å²) in [6.45, 7) is 2.05. The Morgan fingerprint density at radius 1 is 1.55 bits per heavy atom. The zero-order valence-corrected chi connectivity index (χ0v) is 6.75. The van der Waals surface area contributed by atoms with Crippen LogP contribution in [0.4, 0.5) is 0 Å². The highest BCUT2D eigenvalue weighted by atomic mass is 16.2. The van der Waals surface area contributed by atoms with Crippen LogP contribution in [-0.4, -0.2) is 17.3 Å². The average molecular weight is 158 g/mol. The molecule has 4 nitrogen and oxygen atoms in total. The summed E-state index contributed by atoms with van der Waals surface area (Å²) in [6, 6.07) is 0. The van der Waals surface area contributed by atoms with Gasteiger partial charge < -0.3 is 0 Å². The molecule has 0 spiro atoms. The van der Waals surface area contributed by atoms with Gasteiger partial charge in [-0.1, -0.05) is 19.8 Å². The molecule has 64 valence electrons. The summed E-state index contributed by atoms with van der Waals surface area (Å²) in [5, 5.41) is 0.593.